The molecule has 8 aromatic carbocycles. The summed E-state index contributed by atoms with van der Waals surface area (Å²) in [5.74, 6) is 0. The zero-order valence-corrected chi connectivity index (χ0v) is 28.5. The van der Waals surface area contributed by atoms with Gasteiger partial charge in [0.1, 0.15) is 16.8 Å². The van der Waals surface area contributed by atoms with E-state index in [-0.39, 0.29) is 0 Å². The first-order chi connectivity index (χ1) is 26.3. The third-order valence-electron chi connectivity index (χ3n) is 11.1. The average molecular weight is 676 g/mol. The van der Waals surface area contributed by atoms with E-state index in [2.05, 4.69) is 173 Å². The lowest BCUT2D eigenvalue weighted by atomic mass is 9.95. The van der Waals surface area contributed by atoms with E-state index in [0.717, 1.165) is 60.8 Å². The van der Waals surface area contributed by atoms with E-state index in [0.29, 0.717) is 0 Å². The van der Waals surface area contributed by atoms with Crippen molar-refractivity contribution >= 4 is 82.0 Å². The highest BCUT2D eigenvalue weighted by Gasteiger charge is 2.17. The van der Waals surface area contributed by atoms with Gasteiger partial charge in [0.2, 0.25) is 0 Å². The molecule has 0 saturated heterocycles. The van der Waals surface area contributed by atoms with Crippen molar-refractivity contribution < 1.29 is 4.42 Å². The van der Waals surface area contributed by atoms with Crippen LogP contribution in [0.15, 0.2) is 180 Å². The zero-order chi connectivity index (χ0) is 34.6. The molecule has 0 bridgehead atoms. The molecular formula is C49H29N3O. The Morgan fingerprint density at radius 1 is 0.396 bits per heavy atom. The Bertz CT molecular complexity index is 3420. The molecule has 246 valence electrons. The predicted octanol–water partition coefficient (Wildman–Crippen LogP) is 13.1. The molecule has 53 heavy (non-hydrogen) atoms. The molecule has 0 aliphatic carbocycles. The van der Waals surface area contributed by atoms with Gasteiger partial charge in [-0.2, -0.15) is 0 Å². The molecule has 4 heteroatoms. The minimum Gasteiger partial charge on any atom is -0.456 e. The number of nitrogens with zero attached hydrogens (tertiary/aromatic N) is 3. The van der Waals surface area contributed by atoms with E-state index in [1.165, 1.54) is 49.1 Å². The van der Waals surface area contributed by atoms with Crippen molar-refractivity contribution in [3.63, 3.8) is 0 Å². The molecule has 0 radical (unpaired) electrons. The summed E-state index contributed by atoms with van der Waals surface area (Å²) in [4.78, 5) is 5.29. The fourth-order valence-electron chi connectivity index (χ4n) is 8.68. The Kier molecular flexibility index (Phi) is 5.74. The molecule has 0 aliphatic rings. The van der Waals surface area contributed by atoms with Crippen molar-refractivity contribution in [1.29, 1.82) is 0 Å². The molecule has 0 fully saturated rings. The van der Waals surface area contributed by atoms with Crippen molar-refractivity contribution in [2.75, 3.05) is 0 Å². The minimum absolute atomic E-state index is 0.901. The van der Waals surface area contributed by atoms with E-state index in [1.807, 2.05) is 12.1 Å². The summed E-state index contributed by atoms with van der Waals surface area (Å²) in [5, 5.41) is 9.56. The van der Waals surface area contributed by atoms with Gasteiger partial charge in [-0.1, -0.05) is 109 Å². The maximum atomic E-state index is 6.11. The highest BCUT2D eigenvalue weighted by molar-refractivity contribution is 6.24. The largest absolute Gasteiger partial charge is 0.456 e. The van der Waals surface area contributed by atoms with Gasteiger partial charge in [0.25, 0.3) is 0 Å². The summed E-state index contributed by atoms with van der Waals surface area (Å²) < 4.78 is 10.7. The molecule has 0 unspecified atom stereocenters. The maximum Gasteiger partial charge on any atom is 0.138 e. The van der Waals surface area contributed by atoms with Gasteiger partial charge < -0.3 is 8.98 Å². The summed E-state index contributed by atoms with van der Waals surface area (Å²) >= 11 is 0. The average Bonchev–Trinajstić information content (AvgIpc) is 3.90. The Hall–Kier alpha value is -7.17. The maximum absolute atomic E-state index is 6.11. The van der Waals surface area contributed by atoms with Crippen LogP contribution in [-0.4, -0.2) is 14.0 Å². The quantitative estimate of drug-likeness (QED) is 0.175. The summed E-state index contributed by atoms with van der Waals surface area (Å²) in [6.45, 7) is 0. The molecular weight excluding hydrogens is 647 g/mol. The second kappa shape index (κ2) is 10.7. The van der Waals surface area contributed by atoms with Crippen molar-refractivity contribution in [1.82, 2.24) is 14.0 Å². The molecule has 4 heterocycles. The van der Waals surface area contributed by atoms with Crippen molar-refractivity contribution in [2.45, 2.75) is 0 Å². The van der Waals surface area contributed by atoms with Crippen LogP contribution in [-0.2, 0) is 0 Å². The number of imidazole rings is 1. The van der Waals surface area contributed by atoms with Gasteiger partial charge >= 0.3 is 0 Å². The highest BCUT2D eigenvalue weighted by Crippen LogP contribution is 2.40. The van der Waals surface area contributed by atoms with Crippen LogP contribution in [0.5, 0.6) is 0 Å². The highest BCUT2D eigenvalue weighted by atomic mass is 16.3. The van der Waals surface area contributed by atoms with Gasteiger partial charge in [0, 0.05) is 44.2 Å². The third-order valence-corrected chi connectivity index (χ3v) is 11.1. The SMILES string of the molecule is c1cc(-c2ccc3c(c2)c2ccccc2c2nc4cc(-c5ccc6oc7ccccc7c6c5)ccn4c32)cc(-n2c3ccccc3c3ccccc32)c1. The Balaban J connectivity index is 1.03. The molecule has 12 rings (SSSR count). The van der Waals surface area contributed by atoms with Crippen LogP contribution < -0.4 is 0 Å². The zero-order valence-electron chi connectivity index (χ0n) is 28.5. The lowest BCUT2D eigenvalue weighted by molar-refractivity contribution is 0.669. The predicted molar refractivity (Wildman–Crippen MR) is 220 cm³/mol. The van der Waals surface area contributed by atoms with Gasteiger partial charge in [0.05, 0.1) is 22.1 Å². The number of benzene rings is 8. The monoisotopic (exact) mass is 675 g/mol. The van der Waals surface area contributed by atoms with Crippen molar-refractivity contribution in [3.8, 4) is 27.9 Å². The van der Waals surface area contributed by atoms with Gasteiger partial charge in [-0.05, 0) is 93.7 Å². The van der Waals surface area contributed by atoms with Crippen LogP contribution in [0.2, 0.25) is 0 Å². The van der Waals surface area contributed by atoms with Gasteiger partial charge in [-0.25, -0.2) is 4.98 Å². The number of para-hydroxylation sites is 3. The third kappa shape index (κ3) is 4.09. The van der Waals surface area contributed by atoms with E-state index in [1.54, 1.807) is 0 Å². The number of furan rings is 1. The van der Waals surface area contributed by atoms with Crippen LogP contribution in [0.25, 0.3) is 110 Å². The molecule has 0 N–H and O–H groups in total. The van der Waals surface area contributed by atoms with E-state index in [4.69, 9.17) is 9.40 Å². The Labute approximate surface area is 303 Å². The standard InChI is InChI=1S/C49H29N3O/c1-2-16-39-35(12-1)41-27-31(30-10-9-11-34(26-30)52-43-17-6-3-13-36(43)37-14-4-7-18-44(37)52)20-22-40(41)49-48(39)50-47-29-33(24-25-51(47)49)32-21-23-46-42(28-32)38-15-5-8-19-45(38)53-46/h1-29H. The fraction of sp³-hybridized carbons (Fsp3) is 0. The number of rotatable bonds is 3. The number of hydrogen-bond donors (Lipinski definition) is 0. The van der Waals surface area contributed by atoms with E-state index in [9.17, 15) is 0 Å². The molecule has 0 atom stereocenters. The first-order valence-electron chi connectivity index (χ1n) is 18.0. The van der Waals surface area contributed by atoms with Gasteiger partial charge in [-0.15, -0.1) is 0 Å². The molecule has 4 nitrogen and oxygen atoms in total. The summed E-state index contributed by atoms with van der Waals surface area (Å²) in [6.07, 6.45) is 2.18. The van der Waals surface area contributed by atoms with Crippen LogP contribution in [0.4, 0.5) is 0 Å². The molecule has 0 amide bonds. The first kappa shape index (κ1) is 28.5. The van der Waals surface area contributed by atoms with E-state index >= 15 is 0 Å². The van der Waals surface area contributed by atoms with Crippen molar-refractivity contribution in [2.24, 2.45) is 0 Å². The van der Waals surface area contributed by atoms with Crippen LogP contribution >= 0.6 is 0 Å². The fourth-order valence-corrected chi connectivity index (χ4v) is 8.68. The number of fused-ring (bicyclic) bond motifs is 14. The van der Waals surface area contributed by atoms with Crippen LogP contribution in [0.1, 0.15) is 0 Å². The lowest BCUT2D eigenvalue weighted by Gasteiger charge is -2.12. The summed E-state index contributed by atoms with van der Waals surface area (Å²) in [6, 6.07) is 61.0. The molecule has 0 saturated carbocycles. The lowest BCUT2D eigenvalue weighted by Crippen LogP contribution is -1.94. The number of hydrogen-bond acceptors (Lipinski definition) is 2. The normalized spacial score (nSPS) is 12.2. The Morgan fingerprint density at radius 3 is 1.83 bits per heavy atom. The number of aromatic nitrogens is 3. The summed E-state index contributed by atoms with van der Waals surface area (Å²) in [7, 11) is 0. The molecule has 12 aromatic rings. The molecule has 0 aliphatic heterocycles. The molecule has 0 spiro atoms. The van der Waals surface area contributed by atoms with E-state index < -0.39 is 0 Å². The van der Waals surface area contributed by atoms with Gasteiger partial charge in [-0.3, -0.25) is 4.40 Å². The second-order valence-electron chi connectivity index (χ2n) is 14.0. The smallest absolute Gasteiger partial charge is 0.138 e. The van der Waals surface area contributed by atoms with Crippen molar-refractivity contribution in [3.05, 3.63) is 176 Å². The summed E-state index contributed by atoms with van der Waals surface area (Å²) in [5.41, 5.74) is 13.1. The van der Waals surface area contributed by atoms with Gasteiger partial charge in [0.15, 0.2) is 0 Å². The topological polar surface area (TPSA) is 35.4 Å². The molecule has 4 aromatic heterocycles. The van der Waals surface area contributed by atoms with Crippen LogP contribution in [0.3, 0.4) is 0 Å². The van der Waals surface area contributed by atoms with Crippen LogP contribution in [0, 0.1) is 0 Å². The second-order valence-corrected chi connectivity index (χ2v) is 14.0. The first-order valence-corrected chi connectivity index (χ1v) is 18.0. The Morgan fingerprint density at radius 2 is 1.02 bits per heavy atom. The minimum atomic E-state index is 0.901. The number of pyridine rings is 1.